The lowest BCUT2D eigenvalue weighted by atomic mass is 9.83. The van der Waals surface area contributed by atoms with Crippen molar-refractivity contribution in [2.24, 2.45) is 5.92 Å². The molecule has 0 amide bonds. The number of benzene rings is 1. The van der Waals surface area contributed by atoms with E-state index in [0.29, 0.717) is 11.8 Å². The van der Waals surface area contributed by atoms with Crippen LogP contribution in [-0.4, -0.2) is 28.8 Å². The van der Waals surface area contributed by atoms with Crippen molar-refractivity contribution in [1.82, 2.24) is 9.47 Å². The summed E-state index contributed by atoms with van der Waals surface area (Å²) in [4.78, 5) is 16.0. The molecule has 0 N–H and O–H groups in total. The molecule has 0 spiro atoms. The van der Waals surface area contributed by atoms with Gasteiger partial charge in [0.2, 0.25) is 0 Å². The summed E-state index contributed by atoms with van der Waals surface area (Å²) < 4.78 is 2.00. The van der Waals surface area contributed by atoms with Gasteiger partial charge in [-0.05, 0) is 42.4 Å². The van der Waals surface area contributed by atoms with Gasteiger partial charge in [0.15, 0.2) is 0 Å². The summed E-state index contributed by atoms with van der Waals surface area (Å²) in [7, 11) is 0. The van der Waals surface area contributed by atoms with Crippen molar-refractivity contribution in [2.75, 3.05) is 19.3 Å². The SMILES string of the molecule is CSc1ccc(CN2C[C@@H]3C[C@H](C2)c2cccc(=O)n2C3)cc1. The van der Waals surface area contributed by atoms with E-state index < -0.39 is 0 Å². The van der Waals surface area contributed by atoms with Crippen molar-refractivity contribution in [3.63, 3.8) is 0 Å². The molecule has 1 aromatic carbocycles. The number of hydrogen-bond donors (Lipinski definition) is 0. The van der Waals surface area contributed by atoms with Crippen LogP contribution < -0.4 is 5.56 Å². The molecule has 4 heteroatoms. The van der Waals surface area contributed by atoms with Crippen LogP contribution in [0.3, 0.4) is 0 Å². The van der Waals surface area contributed by atoms with Crippen molar-refractivity contribution in [3.8, 4) is 0 Å². The van der Waals surface area contributed by atoms with Crippen molar-refractivity contribution in [2.45, 2.75) is 30.3 Å². The van der Waals surface area contributed by atoms with Crippen LogP contribution in [0, 0.1) is 5.92 Å². The normalized spacial score (nSPS) is 23.5. The predicted octanol–water partition coefficient (Wildman–Crippen LogP) is 3.19. The number of likely N-dealkylation sites (tertiary alicyclic amines) is 1. The van der Waals surface area contributed by atoms with E-state index in [4.69, 9.17) is 0 Å². The van der Waals surface area contributed by atoms with Crippen LogP contribution >= 0.6 is 11.8 Å². The molecule has 0 unspecified atom stereocenters. The summed E-state index contributed by atoms with van der Waals surface area (Å²) in [6.07, 6.45) is 3.34. The largest absolute Gasteiger partial charge is 0.312 e. The van der Waals surface area contributed by atoms with Gasteiger partial charge in [0, 0.05) is 48.8 Å². The molecule has 2 bridgehead atoms. The molecular weight excluding hydrogens is 304 g/mol. The molecule has 4 rings (SSSR count). The monoisotopic (exact) mass is 326 g/mol. The summed E-state index contributed by atoms with van der Waals surface area (Å²) in [5.41, 5.74) is 2.78. The van der Waals surface area contributed by atoms with E-state index in [9.17, 15) is 4.79 Å². The summed E-state index contributed by atoms with van der Waals surface area (Å²) in [5.74, 6) is 1.11. The summed E-state index contributed by atoms with van der Waals surface area (Å²) in [5, 5.41) is 0. The van der Waals surface area contributed by atoms with Gasteiger partial charge in [0.25, 0.3) is 5.56 Å². The number of piperidine rings is 1. The molecule has 1 fully saturated rings. The van der Waals surface area contributed by atoms with E-state index in [1.165, 1.54) is 22.6 Å². The van der Waals surface area contributed by atoms with E-state index in [1.807, 2.05) is 10.6 Å². The predicted molar refractivity (Wildman–Crippen MR) is 95.1 cm³/mol. The molecule has 2 aliphatic heterocycles. The number of fused-ring (bicyclic) bond motifs is 4. The van der Waals surface area contributed by atoms with Gasteiger partial charge in [-0.3, -0.25) is 9.69 Å². The van der Waals surface area contributed by atoms with Crippen LogP contribution in [-0.2, 0) is 13.1 Å². The molecule has 0 saturated carbocycles. The fourth-order valence-corrected chi connectivity index (χ4v) is 4.52. The van der Waals surface area contributed by atoms with Crippen LogP contribution in [0.25, 0.3) is 0 Å². The highest BCUT2D eigenvalue weighted by Crippen LogP contribution is 2.35. The Morgan fingerprint density at radius 1 is 1.09 bits per heavy atom. The van der Waals surface area contributed by atoms with E-state index in [1.54, 1.807) is 17.8 Å². The molecule has 0 aliphatic carbocycles. The lowest BCUT2D eigenvalue weighted by Crippen LogP contribution is -2.46. The minimum absolute atomic E-state index is 0.165. The zero-order chi connectivity index (χ0) is 15.8. The maximum atomic E-state index is 12.1. The third-order valence-electron chi connectivity index (χ3n) is 5.12. The highest BCUT2D eigenvalue weighted by molar-refractivity contribution is 7.98. The zero-order valence-electron chi connectivity index (χ0n) is 13.4. The van der Waals surface area contributed by atoms with Gasteiger partial charge in [-0.25, -0.2) is 0 Å². The van der Waals surface area contributed by atoms with Crippen molar-refractivity contribution >= 4 is 11.8 Å². The Morgan fingerprint density at radius 2 is 1.91 bits per heavy atom. The van der Waals surface area contributed by atoms with Crippen LogP contribution in [0.5, 0.6) is 0 Å². The third-order valence-corrected chi connectivity index (χ3v) is 5.86. The van der Waals surface area contributed by atoms with Crippen molar-refractivity contribution in [3.05, 3.63) is 64.1 Å². The smallest absolute Gasteiger partial charge is 0.250 e. The second-order valence-electron chi connectivity index (χ2n) is 6.74. The maximum absolute atomic E-state index is 12.1. The van der Waals surface area contributed by atoms with Gasteiger partial charge >= 0.3 is 0 Å². The number of pyridine rings is 1. The third kappa shape index (κ3) is 2.98. The Kier molecular flexibility index (Phi) is 4.04. The topological polar surface area (TPSA) is 25.2 Å². The lowest BCUT2D eigenvalue weighted by molar-refractivity contribution is 0.114. The van der Waals surface area contributed by atoms with E-state index in [0.717, 1.165) is 26.2 Å². The van der Waals surface area contributed by atoms with Crippen LogP contribution in [0.2, 0.25) is 0 Å². The van der Waals surface area contributed by atoms with Gasteiger partial charge in [-0.2, -0.15) is 0 Å². The molecule has 0 radical (unpaired) electrons. The quantitative estimate of drug-likeness (QED) is 0.810. The fourth-order valence-electron chi connectivity index (χ4n) is 4.11. The number of rotatable bonds is 3. The first-order valence-electron chi connectivity index (χ1n) is 8.28. The standard InChI is InChI=1S/C19H22N2OS/c1-23-17-7-5-14(6-8-17)10-20-11-15-9-16(13-20)18-3-2-4-19(22)21(18)12-15/h2-8,15-16H,9-13H2,1H3/t15-,16+/m0/s1. The molecular formula is C19H22N2OS. The van der Waals surface area contributed by atoms with E-state index >= 15 is 0 Å². The highest BCUT2D eigenvalue weighted by atomic mass is 32.2. The first-order chi connectivity index (χ1) is 11.2. The summed E-state index contributed by atoms with van der Waals surface area (Å²) in [6.45, 7) is 4.05. The molecule has 2 aliphatic rings. The van der Waals surface area contributed by atoms with Gasteiger partial charge in [0.05, 0.1) is 0 Å². The number of aromatic nitrogens is 1. The number of thioether (sulfide) groups is 1. The Balaban J connectivity index is 1.52. The average molecular weight is 326 g/mol. The van der Waals surface area contributed by atoms with Gasteiger partial charge in [-0.15, -0.1) is 11.8 Å². The molecule has 2 atom stereocenters. The Bertz CT molecular complexity index is 753. The first-order valence-corrected chi connectivity index (χ1v) is 9.50. The maximum Gasteiger partial charge on any atom is 0.250 e. The second-order valence-corrected chi connectivity index (χ2v) is 7.62. The summed E-state index contributed by atoms with van der Waals surface area (Å²) in [6, 6.07) is 14.6. The van der Waals surface area contributed by atoms with Gasteiger partial charge < -0.3 is 4.57 Å². The minimum atomic E-state index is 0.165. The van der Waals surface area contributed by atoms with Crippen molar-refractivity contribution in [1.29, 1.82) is 0 Å². The molecule has 3 nitrogen and oxygen atoms in total. The minimum Gasteiger partial charge on any atom is -0.312 e. The number of nitrogens with zero attached hydrogens (tertiary/aromatic N) is 2. The van der Waals surface area contributed by atoms with Crippen LogP contribution in [0.15, 0.2) is 52.2 Å². The molecule has 2 aromatic rings. The molecule has 1 saturated heterocycles. The average Bonchev–Trinajstić information content (AvgIpc) is 2.57. The lowest BCUT2D eigenvalue weighted by Gasteiger charge is -2.42. The Morgan fingerprint density at radius 3 is 2.70 bits per heavy atom. The summed E-state index contributed by atoms with van der Waals surface area (Å²) >= 11 is 1.78. The fraction of sp³-hybridized carbons (Fsp3) is 0.421. The molecule has 120 valence electrons. The molecule has 1 aromatic heterocycles. The molecule has 23 heavy (non-hydrogen) atoms. The van der Waals surface area contributed by atoms with Crippen LogP contribution in [0.4, 0.5) is 0 Å². The van der Waals surface area contributed by atoms with Crippen LogP contribution in [0.1, 0.15) is 23.6 Å². The van der Waals surface area contributed by atoms with Crippen molar-refractivity contribution < 1.29 is 0 Å². The van der Waals surface area contributed by atoms with E-state index in [2.05, 4.69) is 41.5 Å². The van der Waals surface area contributed by atoms with Gasteiger partial charge in [-0.1, -0.05) is 18.2 Å². The highest BCUT2D eigenvalue weighted by Gasteiger charge is 2.34. The number of hydrogen-bond acceptors (Lipinski definition) is 3. The Hall–Kier alpha value is -1.52. The van der Waals surface area contributed by atoms with Gasteiger partial charge in [0.1, 0.15) is 0 Å². The Labute approximate surface area is 141 Å². The first kappa shape index (κ1) is 15.0. The molecule has 3 heterocycles. The zero-order valence-corrected chi connectivity index (χ0v) is 14.3. The second kappa shape index (κ2) is 6.17. The van der Waals surface area contributed by atoms with E-state index in [-0.39, 0.29) is 5.56 Å².